The van der Waals surface area contributed by atoms with Crippen molar-refractivity contribution in [1.82, 2.24) is 9.29 Å². The molecule has 1 aromatic heterocycles. The number of aromatic nitrogens is 1. The van der Waals surface area contributed by atoms with Gasteiger partial charge in [-0.05, 0) is 19.1 Å². The molecule has 0 amide bonds. The van der Waals surface area contributed by atoms with Crippen molar-refractivity contribution in [3.63, 3.8) is 0 Å². The lowest BCUT2D eigenvalue weighted by molar-refractivity contribution is -0.144. The molecule has 2 rings (SSSR count). The summed E-state index contributed by atoms with van der Waals surface area (Å²) in [6, 6.07) is 3.21. The molecule has 2 aromatic rings. The number of sulfonamides is 1. The molecule has 0 bridgehead atoms. The normalized spacial score (nSPS) is 13.6. The summed E-state index contributed by atoms with van der Waals surface area (Å²) in [6.07, 6.45) is 1.21. The topological polar surface area (TPSA) is 79.5 Å². The van der Waals surface area contributed by atoms with Gasteiger partial charge in [0.05, 0.1) is 12.5 Å². The zero-order chi connectivity index (χ0) is 15.8. The first kappa shape index (κ1) is 15.5. The van der Waals surface area contributed by atoms with E-state index in [2.05, 4.69) is 9.72 Å². The van der Waals surface area contributed by atoms with Crippen LogP contribution in [-0.2, 0) is 19.6 Å². The van der Waals surface area contributed by atoms with Gasteiger partial charge in [-0.15, -0.1) is 0 Å². The fraction of sp³-hybridized carbons (Fsp3) is 0.308. The molecule has 114 valence electrons. The summed E-state index contributed by atoms with van der Waals surface area (Å²) in [6.45, 7) is 1.40. The van der Waals surface area contributed by atoms with Gasteiger partial charge in [-0.1, -0.05) is 6.07 Å². The SMILES string of the molecule is COC(=O)[C@H](C)N(C)S(=O)(=O)c1c[nH]c2cccc(F)c12. The second-order valence-corrected chi connectivity index (χ2v) is 6.50. The van der Waals surface area contributed by atoms with Gasteiger partial charge in [-0.25, -0.2) is 12.8 Å². The number of fused-ring (bicyclic) bond motifs is 1. The van der Waals surface area contributed by atoms with Crippen molar-refractivity contribution in [3.05, 3.63) is 30.2 Å². The molecule has 0 aliphatic carbocycles. The predicted molar refractivity (Wildman–Crippen MR) is 74.7 cm³/mol. The molecule has 1 aromatic carbocycles. The zero-order valence-corrected chi connectivity index (χ0v) is 12.6. The third kappa shape index (κ3) is 2.52. The van der Waals surface area contributed by atoms with Crippen LogP contribution in [0.3, 0.4) is 0 Å². The Balaban J connectivity index is 2.55. The average molecular weight is 314 g/mol. The van der Waals surface area contributed by atoms with E-state index in [4.69, 9.17) is 0 Å². The van der Waals surface area contributed by atoms with Crippen LogP contribution in [0, 0.1) is 5.82 Å². The Morgan fingerprint density at radius 2 is 2.10 bits per heavy atom. The van der Waals surface area contributed by atoms with Gasteiger partial charge >= 0.3 is 5.97 Å². The van der Waals surface area contributed by atoms with E-state index in [1.807, 2.05) is 0 Å². The van der Waals surface area contributed by atoms with E-state index < -0.39 is 27.9 Å². The molecule has 0 saturated carbocycles. The highest BCUT2D eigenvalue weighted by Gasteiger charge is 2.32. The Bertz CT molecular complexity index is 785. The third-order valence-electron chi connectivity index (χ3n) is 3.36. The number of methoxy groups -OCH3 is 1. The first-order valence-electron chi connectivity index (χ1n) is 6.12. The van der Waals surface area contributed by atoms with Gasteiger partial charge in [0.25, 0.3) is 0 Å². The minimum atomic E-state index is -4.04. The van der Waals surface area contributed by atoms with Crippen molar-refractivity contribution in [2.45, 2.75) is 17.9 Å². The van der Waals surface area contributed by atoms with E-state index in [1.165, 1.54) is 39.4 Å². The number of aromatic amines is 1. The molecule has 8 heteroatoms. The lowest BCUT2D eigenvalue weighted by Crippen LogP contribution is -2.40. The van der Waals surface area contributed by atoms with Crippen molar-refractivity contribution in [3.8, 4) is 0 Å². The summed E-state index contributed by atoms with van der Waals surface area (Å²) in [4.78, 5) is 14.0. The maximum absolute atomic E-state index is 13.9. The number of benzene rings is 1. The summed E-state index contributed by atoms with van der Waals surface area (Å²) < 4.78 is 44.4. The molecule has 6 nitrogen and oxygen atoms in total. The van der Waals surface area contributed by atoms with E-state index in [0.29, 0.717) is 5.52 Å². The lowest BCUT2D eigenvalue weighted by atomic mass is 10.2. The lowest BCUT2D eigenvalue weighted by Gasteiger charge is -2.21. The molecular weight excluding hydrogens is 299 g/mol. The second-order valence-electron chi connectivity index (χ2n) is 4.54. The largest absolute Gasteiger partial charge is 0.468 e. The van der Waals surface area contributed by atoms with Crippen molar-refractivity contribution < 1.29 is 22.3 Å². The van der Waals surface area contributed by atoms with Crippen LogP contribution in [0.5, 0.6) is 0 Å². The smallest absolute Gasteiger partial charge is 0.323 e. The van der Waals surface area contributed by atoms with Gasteiger partial charge in [0.15, 0.2) is 0 Å². The van der Waals surface area contributed by atoms with E-state index in [1.54, 1.807) is 6.07 Å². The highest BCUT2D eigenvalue weighted by molar-refractivity contribution is 7.89. The summed E-state index contributed by atoms with van der Waals surface area (Å²) in [7, 11) is -1.62. The fourth-order valence-corrected chi connectivity index (χ4v) is 3.48. The van der Waals surface area contributed by atoms with Gasteiger partial charge in [0, 0.05) is 18.8 Å². The number of carbonyl (C=O) groups is 1. The van der Waals surface area contributed by atoms with Gasteiger partial charge < -0.3 is 9.72 Å². The second kappa shape index (κ2) is 5.45. The van der Waals surface area contributed by atoms with Gasteiger partial charge in [0.1, 0.15) is 16.8 Å². The Labute approximate surface area is 121 Å². The van der Waals surface area contributed by atoms with Crippen LogP contribution >= 0.6 is 0 Å². The number of rotatable bonds is 4. The number of esters is 1. The Morgan fingerprint density at radius 1 is 1.43 bits per heavy atom. The van der Waals surface area contributed by atoms with Crippen LogP contribution in [0.25, 0.3) is 10.9 Å². The molecule has 0 aliphatic heterocycles. The quantitative estimate of drug-likeness (QED) is 0.867. The number of ether oxygens (including phenoxy) is 1. The molecule has 1 N–H and O–H groups in total. The number of halogens is 1. The predicted octanol–water partition coefficient (Wildman–Crippen LogP) is 1.49. The maximum atomic E-state index is 13.9. The number of hydrogen-bond acceptors (Lipinski definition) is 4. The zero-order valence-electron chi connectivity index (χ0n) is 11.8. The molecule has 0 aliphatic rings. The van der Waals surface area contributed by atoms with Gasteiger partial charge in [-0.2, -0.15) is 4.31 Å². The highest BCUT2D eigenvalue weighted by atomic mass is 32.2. The fourth-order valence-electron chi connectivity index (χ4n) is 2.00. The molecule has 1 heterocycles. The van der Waals surface area contributed by atoms with Crippen molar-refractivity contribution >= 4 is 26.9 Å². The third-order valence-corrected chi connectivity index (χ3v) is 5.32. The minimum absolute atomic E-state index is 0.0265. The van der Waals surface area contributed by atoms with Crippen LogP contribution in [0.15, 0.2) is 29.3 Å². The Kier molecular flexibility index (Phi) is 4.02. The van der Waals surface area contributed by atoms with Gasteiger partial charge in [0.2, 0.25) is 10.0 Å². The molecule has 21 heavy (non-hydrogen) atoms. The average Bonchev–Trinajstić information content (AvgIpc) is 2.90. The Morgan fingerprint density at radius 3 is 2.71 bits per heavy atom. The number of hydrogen-bond donors (Lipinski definition) is 1. The molecule has 0 fully saturated rings. The first-order valence-corrected chi connectivity index (χ1v) is 7.56. The molecule has 0 spiro atoms. The molecular formula is C13H15FN2O4S. The van der Waals surface area contributed by atoms with Crippen molar-refractivity contribution in [1.29, 1.82) is 0 Å². The summed E-state index contributed by atoms with van der Waals surface area (Å²) in [5, 5.41) is -0.0265. The number of nitrogens with one attached hydrogen (secondary N) is 1. The van der Waals surface area contributed by atoms with E-state index in [9.17, 15) is 17.6 Å². The van der Waals surface area contributed by atoms with Crippen LogP contribution in [-0.4, -0.2) is 43.9 Å². The summed E-state index contributed by atoms with van der Waals surface area (Å²) in [5.41, 5.74) is 0.368. The van der Waals surface area contributed by atoms with Crippen molar-refractivity contribution in [2.75, 3.05) is 14.2 Å². The summed E-state index contributed by atoms with van der Waals surface area (Å²) in [5.74, 6) is -1.34. The van der Waals surface area contributed by atoms with Crippen LogP contribution < -0.4 is 0 Å². The van der Waals surface area contributed by atoms with Crippen LogP contribution in [0.1, 0.15) is 6.92 Å². The maximum Gasteiger partial charge on any atom is 0.323 e. The number of carbonyl (C=O) groups excluding carboxylic acids is 1. The van der Waals surface area contributed by atoms with E-state index >= 15 is 0 Å². The standard InChI is InChI=1S/C13H15FN2O4S/c1-8(13(17)20-3)16(2)21(18,19)11-7-15-10-6-4-5-9(14)12(10)11/h4-8,15H,1-3H3/t8-/m0/s1. The van der Waals surface area contributed by atoms with Gasteiger partial charge in [-0.3, -0.25) is 4.79 Å². The first-order chi connectivity index (χ1) is 9.80. The number of likely N-dealkylation sites (N-methyl/N-ethyl adjacent to an activating group) is 1. The molecule has 0 radical (unpaired) electrons. The molecule has 0 saturated heterocycles. The highest BCUT2D eigenvalue weighted by Crippen LogP contribution is 2.28. The Hall–Kier alpha value is -1.93. The van der Waals surface area contributed by atoms with E-state index in [0.717, 1.165) is 4.31 Å². The summed E-state index contributed by atoms with van der Waals surface area (Å²) >= 11 is 0. The number of nitrogens with zero attached hydrogens (tertiary/aromatic N) is 1. The van der Waals surface area contributed by atoms with Crippen LogP contribution in [0.4, 0.5) is 4.39 Å². The van der Waals surface area contributed by atoms with Crippen LogP contribution in [0.2, 0.25) is 0 Å². The number of H-pyrrole nitrogens is 1. The monoisotopic (exact) mass is 314 g/mol. The minimum Gasteiger partial charge on any atom is -0.468 e. The molecule has 1 atom stereocenters. The van der Waals surface area contributed by atoms with Crippen molar-refractivity contribution in [2.24, 2.45) is 0 Å². The van der Waals surface area contributed by atoms with E-state index in [-0.39, 0.29) is 10.3 Å². The molecule has 0 unspecified atom stereocenters.